The lowest BCUT2D eigenvalue weighted by molar-refractivity contribution is 0.0471. The molecule has 1 aliphatic heterocycles. The third kappa shape index (κ3) is 3.21. The fourth-order valence-electron chi connectivity index (χ4n) is 2.51. The summed E-state index contributed by atoms with van der Waals surface area (Å²) in [6.07, 6.45) is 1.06. The van der Waals surface area contributed by atoms with Crippen LogP contribution in [0.4, 0.5) is 0 Å². The number of carbonyl (C=O) groups is 1. The number of nitrogens with zero attached hydrogens (tertiary/aromatic N) is 1. The number of aliphatic hydroxyl groups is 1. The van der Waals surface area contributed by atoms with Crippen molar-refractivity contribution in [3.8, 4) is 17.2 Å². The van der Waals surface area contributed by atoms with Crippen LogP contribution in [0.2, 0.25) is 0 Å². The molecule has 6 heteroatoms. The van der Waals surface area contributed by atoms with Crippen LogP contribution < -0.4 is 14.2 Å². The Kier molecular flexibility index (Phi) is 4.90. The van der Waals surface area contributed by atoms with Gasteiger partial charge in [-0.25, -0.2) is 0 Å². The van der Waals surface area contributed by atoms with Gasteiger partial charge in [0.1, 0.15) is 5.75 Å². The molecule has 1 amide bonds. The number of ether oxygens (including phenoxy) is 3. The smallest absolute Gasteiger partial charge is 0.257 e. The first-order valence-electron chi connectivity index (χ1n) is 6.88. The highest BCUT2D eigenvalue weighted by molar-refractivity contribution is 5.98. The number of benzene rings is 1. The second-order valence-electron chi connectivity index (χ2n) is 4.95. The number of aliphatic hydroxyl groups excluding tert-OH is 1. The van der Waals surface area contributed by atoms with Gasteiger partial charge in [-0.15, -0.1) is 0 Å². The summed E-state index contributed by atoms with van der Waals surface area (Å²) in [5.74, 6) is 1.23. The highest BCUT2D eigenvalue weighted by Gasteiger charge is 2.26. The molecule has 0 radical (unpaired) electrons. The lowest BCUT2D eigenvalue weighted by Gasteiger charge is -2.30. The summed E-state index contributed by atoms with van der Waals surface area (Å²) in [7, 11) is 4.55. The average Bonchev–Trinajstić information content (AvgIpc) is 2.52. The van der Waals surface area contributed by atoms with Gasteiger partial charge in [-0.05, 0) is 12.8 Å². The van der Waals surface area contributed by atoms with Crippen molar-refractivity contribution in [3.05, 3.63) is 17.7 Å². The number of β-amino-alcohol motifs (C(OH)–C–C–N with tert-alkyl or cyclic N) is 1. The van der Waals surface area contributed by atoms with E-state index >= 15 is 0 Å². The summed E-state index contributed by atoms with van der Waals surface area (Å²) in [5, 5.41) is 9.71. The predicted octanol–water partition coefficient (Wildman–Crippen LogP) is 1.31. The zero-order valence-corrected chi connectivity index (χ0v) is 12.6. The van der Waals surface area contributed by atoms with Crippen molar-refractivity contribution >= 4 is 5.91 Å². The first-order valence-corrected chi connectivity index (χ1v) is 6.88. The SMILES string of the molecule is COc1cc(OC)c(C(=O)N2CCCC(O)C2)cc1OC. The normalized spacial score (nSPS) is 18.3. The topological polar surface area (TPSA) is 68.2 Å². The molecule has 6 nitrogen and oxygen atoms in total. The molecule has 1 aromatic rings. The van der Waals surface area contributed by atoms with Gasteiger partial charge in [0, 0.05) is 25.2 Å². The molecule has 116 valence electrons. The highest BCUT2D eigenvalue weighted by Crippen LogP contribution is 2.35. The van der Waals surface area contributed by atoms with E-state index in [0.29, 0.717) is 35.9 Å². The minimum Gasteiger partial charge on any atom is -0.496 e. The summed E-state index contributed by atoms with van der Waals surface area (Å²) >= 11 is 0. The minimum atomic E-state index is -0.464. The molecule has 1 N–H and O–H groups in total. The van der Waals surface area contributed by atoms with Gasteiger partial charge in [0.05, 0.1) is 33.0 Å². The molecule has 0 aliphatic carbocycles. The maximum atomic E-state index is 12.6. The number of methoxy groups -OCH3 is 3. The van der Waals surface area contributed by atoms with Crippen molar-refractivity contribution in [2.75, 3.05) is 34.4 Å². The van der Waals surface area contributed by atoms with Gasteiger partial charge in [-0.1, -0.05) is 0 Å². The summed E-state index contributed by atoms with van der Waals surface area (Å²) < 4.78 is 15.7. The van der Waals surface area contributed by atoms with E-state index in [4.69, 9.17) is 14.2 Å². The van der Waals surface area contributed by atoms with Crippen molar-refractivity contribution in [3.63, 3.8) is 0 Å². The van der Waals surface area contributed by atoms with Gasteiger partial charge in [0.15, 0.2) is 11.5 Å². The summed E-state index contributed by atoms with van der Waals surface area (Å²) in [6.45, 7) is 0.976. The van der Waals surface area contributed by atoms with E-state index in [1.165, 1.54) is 21.3 Å². The maximum absolute atomic E-state index is 12.6. The zero-order valence-electron chi connectivity index (χ0n) is 12.6. The Balaban J connectivity index is 2.34. The van der Waals surface area contributed by atoms with E-state index in [0.717, 1.165) is 12.8 Å². The molecule has 1 atom stereocenters. The monoisotopic (exact) mass is 295 g/mol. The minimum absolute atomic E-state index is 0.174. The third-order valence-electron chi connectivity index (χ3n) is 3.62. The molecule has 0 aromatic heterocycles. The van der Waals surface area contributed by atoms with Crippen LogP contribution in [0.25, 0.3) is 0 Å². The van der Waals surface area contributed by atoms with Crippen molar-refractivity contribution in [1.82, 2.24) is 4.90 Å². The Labute approximate surface area is 124 Å². The van der Waals surface area contributed by atoms with Crippen molar-refractivity contribution < 1.29 is 24.1 Å². The Morgan fingerprint density at radius 3 is 2.33 bits per heavy atom. The number of likely N-dealkylation sites (tertiary alicyclic amines) is 1. The number of piperidine rings is 1. The summed E-state index contributed by atoms with van der Waals surface area (Å²) in [6, 6.07) is 3.24. The van der Waals surface area contributed by atoms with Crippen LogP contribution in [0.3, 0.4) is 0 Å². The van der Waals surface area contributed by atoms with Crippen LogP contribution in [-0.4, -0.2) is 56.4 Å². The molecule has 21 heavy (non-hydrogen) atoms. The molecule has 1 heterocycles. The quantitative estimate of drug-likeness (QED) is 0.907. The van der Waals surface area contributed by atoms with E-state index in [2.05, 4.69) is 0 Å². The van der Waals surface area contributed by atoms with Crippen molar-refractivity contribution in [2.24, 2.45) is 0 Å². The number of hydrogen-bond donors (Lipinski definition) is 1. The lowest BCUT2D eigenvalue weighted by Crippen LogP contribution is -2.42. The molecule has 2 rings (SSSR count). The Morgan fingerprint density at radius 1 is 1.14 bits per heavy atom. The number of amides is 1. The Morgan fingerprint density at radius 2 is 1.76 bits per heavy atom. The third-order valence-corrected chi connectivity index (χ3v) is 3.62. The molecular weight excluding hydrogens is 274 g/mol. The van der Waals surface area contributed by atoms with Crippen LogP contribution >= 0.6 is 0 Å². The molecule has 0 saturated carbocycles. The number of hydrogen-bond acceptors (Lipinski definition) is 5. The number of carbonyl (C=O) groups excluding carboxylic acids is 1. The molecular formula is C15H21NO5. The fraction of sp³-hybridized carbons (Fsp3) is 0.533. The lowest BCUT2D eigenvalue weighted by atomic mass is 10.1. The van der Waals surface area contributed by atoms with Gasteiger partial charge in [0.25, 0.3) is 5.91 Å². The summed E-state index contributed by atoms with van der Waals surface area (Å²) in [5.41, 5.74) is 0.407. The van der Waals surface area contributed by atoms with Crippen LogP contribution in [0.5, 0.6) is 17.2 Å². The van der Waals surface area contributed by atoms with Crippen molar-refractivity contribution in [1.29, 1.82) is 0 Å². The maximum Gasteiger partial charge on any atom is 0.257 e. The fourth-order valence-corrected chi connectivity index (χ4v) is 2.51. The Hall–Kier alpha value is -1.95. The molecule has 1 aliphatic rings. The Bertz CT molecular complexity index is 517. The van der Waals surface area contributed by atoms with E-state index in [1.54, 1.807) is 17.0 Å². The van der Waals surface area contributed by atoms with Gasteiger partial charge in [-0.2, -0.15) is 0 Å². The molecule has 1 aromatic carbocycles. The largest absolute Gasteiger partial charge is 0.496 e. The van der Waals surface area contributed by atoms with Crippen molar-refractivity contribution in [2.45, 2.75) is 18.9 Å². The van der Waals surface area contributed by atoms with Gasteiger partial charge < -0.3 is 24.2 Å². The van der Waals surface area contributed by atoms with Gasteiger partial charge >= 0.3 is 0 Å². The molecule has 0 spiro atoms. The standard InChI is InChI=1S/C15H21NO5/c1-19-12-8-14(21-3)13(20-2)7-11(12)15(18)16-6-4-5-10(17)9-16/h7-8,10,17H,4-6,9H2,1-3H3. The molecule has 0 bridgehead atoms. The van der Waals surface area contributed by atoms with Crippen LogP contribution in [-0.2, 0) is 0 Å². The van der Waals surface area contributed by atoms with Gasteiger partial charge in [-0.3, -0.25) is 4.79 Å². The van der Waals surface area contributed by atoms with E-state index < -0.39 is 6.10 Å². The van der Waals surface area contributed by atoms with E-state index in [1.807, 2.05) is 0 Å². The van der Waals surface area contributed by atoms with Gasteiger partial charge in [0.2, 0.25) is 0 Å². The van der Waals surface area contributed by atoms with E-state index in [-0.39, 0.29) is 5.91 Å². The second-order valence-corrected chi connectivity index (χ2v) is 4.95. The zero-order chi connectivity index (χ0) is 15.4. The molecule has 1 unspecified atom stereocenters. The molecule has 1 saturated heterocycles. The van der Waals surface area contributed by atoms with Crippen LogP contribution in [0, 0.1) is 0 Å². The highest BCUT2D eigenvalue weighted by atomic mass is 16.5. The average molecular weight is 295 g/mol. The molecule has 1 fully saturated rings. The second kappa shape index (κ2) is 6.67. The van der Waals surface area contributed by atoms with Crippen LogP contribution in [0.1, 0.15) is 23.2 Å². The summed E-state index contributed by atoms with van der Waals surface area (Å²) in [4.78, 5) is 14.3. The number of rotatable bonds is 4. The van der Waals surface area contributed by atoms with E-state index in [9.17, 15) is 9.90 Å². The first kappa shape index (κ1) is 15.4. The first-order chi connectivity index (χ1) is 10.1. The predicted molar refractivity (Wildman–Crippen MR) is 77.2 cm³/mol. The van der Waals surface area contributed by atoms with Crippen LogP contribution in [0.15, 0.2) is 12.1 Å².